The lowest BCUT2D eigenvalue weighted by Crippen LogP contribution is -2.10. The van der Waals surface area contributed by atoms with Crippen molar-refractivity contribution in [3.63, 3.8) is 0 Å². The fourth-order valence-electron chi connectivity index (χ4n) is 0.855. The average Bonchev–Trinajstić information content (AvgIpc) is 2.31. The number of ether oxygens (including phenoxy) is 1. The number of hydrogen-bond donors (Lipinski definition) is 2. The van der Waals surface area contributed by atoms with Crippen molar-refractivity contribution in [3.05, 3.63) is 11.2 Å². The van der Waals surface area contributed by atoms with E-state index in [4.69, 9.17) is 17.4 Å². The zero-order valence-corrected chi connectivity index (χ0v) is 10.1. The van der Waals surface area contributed by atoms with Gasteiger partial charge in [-0.2, -0.15) is 0 Å². The van der Waals surface area contributed by atoms with Gasteiger partial charge in [0, 0.05) is 5.75 Å². The van der Waals surface area contributed by atoms with Gasteiger partial charge in [-0.25, -0.2) is 15.8 Å². The number of nitrogen functional groups attached to an aromatic ring is 1. The molecule has 0 atom stereocenters. The first-order chi connectivity index (χ1) is 7.67. The minimum Gasteiger partial charge on any atom is -0.469 e. The molecule has 0 aliphatic heterocycles. The standard InChI is InChI=1S/C8H11ClN4O2S/c1-15-6(14)2-3-16-7-5(9)4-11-8(12-7)13-10/h4H,2-3,10H2,1H3,(H,11,12,13). The van der Waals surface area contributed by atoms with Gasteiger partial charge in [0.15, 0.2) is 0 Å². The van der Waals surface area contributed by atoms with Crippen LogP contribution in [0.1, 0.15) is 6.42 Å². The molecule has 1 aromatic heterocycles. The van der Waals surface area contributed by atoms with Crippen LogP contribution in [0.4, 0.5) is 5.95 Å². The van der Waals surface area contributed by atoms with E-state index in [0.29, 0.717) is 22.2 Å². The molecule has 3 N–H and O–H groups in total. The van der Waals surface area contributed by atoms with Gasteiger partial charge >= 0.3 is 5.97 Å². The van der Waals surface area contributed by atoms with Crippen LogP contribution in [0.15, 0.2) is 11.2 Å². The number of nitrogens with zero attached hydrogens (tertiary/aromatic N) is 2. The molecule has 1 rings (SSSR count). The molecular weight excluding hydrogens is 252 g/mol. The molecule has 0 aromatic carbocycles. The van der Waals surface area contributed by atoms with E-state index in [1.807, 2.05) is 0 Å². The molecule has 16 heavy (non-hydrogen) atoms. The van der Waals surface area contributed by atoms with E-state index in [0.717, 1.165) is 0 Å². The smallest absolute Gasteiger partial charge is 0.306 e. The summed E-state index contributed by atoms with van der Waals surface area (Å²) in [5.74, 6) is 5.71. The monoisotopic (exact) mass is 262 g/mol. The van der Waals surface area contributed by atoms with Crippen LogP contribution >= 0.6 is 23.4 Å². The third kappa shape index (κ3) is 3.84. The Hall–Kier alpha value is -1.05. The second-order valence-electron chi connectivity index (χ2n) is 2.67. The molecule has 0 saturated carbocycles. The van der Waals surface area contributed by atoms with Crippen LogP contribution in [-0.2, 0) is 9.53 Å². The summed E-state index contributed by atoms with van der Waals surface area (Å²) in [6, 6.07) is 0. The fourth-order valence-corrected chi connectivity index (χ4v) is 1.91. The third-order valence-corrected chi connectivity index (χ3v) is 3.00. The van der Waals surface area contributed by atoms with Crippen molar-refractivity contribution in [2.24, 2.45) is 5.84 Å². The first-order valence-corrected chi connectivity index (χ1v) is 5.72. The van der Waals surface area contributed by atoms with Crippen LogP contribution in [0.3, 0.4) is 0 Å². The molecule has 6 nitrogen and oxygen atoms in total. The summed E-state index contributed by atoms with van der Waals surface area (Å²) in [6.45, 7) is 0. The number of methoxy groups -OCH3 is 1. The van der Waals surface area contributed by atoms with Gasteiger partial charge in [0.25, 0.3) is 0 Å². The van der Waals surface area contributed by atoms with Crippen molar-refractivity contribution in [2.75, 3.05) is 18.3 Å². The summed E-state index contributed by atoms with van der Waals surface area (Å²) in [5, 5.41) is 1.00. The molecule has 0 radical (unpaired) electrons. The maximum Gasteiger partial charge on any atom is 0.306 e. The Morgan fingerprint density at radius 3 is 3.12 bits per heavy atom. The number of nitrogens with two attached hydrogens (primary N) is 1. The van der Waals surface area contributed by atoms with E-state index < -0.39 is 0 Å². The molecule has 0 amide bonds. The number of halogens is 1. The van der Waals surface area contributed by atoms with E-state index >= 15 is 0 Å². The van der Waals surface area contributed by atoms with E-state index in [1.165, 1.54) is 25.1 Å². The molecule has 0 saturated heterocycles. The molecule has 0 bridgehead atoms. The summed E-state index contributed by atoms with van der Waals surface area (Å²) < 4.78 is 4.51. The number of thioether (sulfide) groups is 1. The van der Waals surface area contributed by atoms with Crippen LogP contribution in [0, 0.1) is 0 Å². The molecule has 0 aliphatic carbocycles. The number of carbonyl (C=O) groups excluding carboxylic acids is 1. The van der Waals surface area contributed by atoms with Gasteiger partial charge in [-0.15, -0.1) is 11.8 Å². The molecule has 0 unspecified atom stereocenters. The molecule has 1 aromatic rings. The highest BCUT2D eigenvalue weighted by molar-refractivity contribution is 7.99. The highest BCUT2D eigenvalue weighted by atomic mass is 35.5. The van der Waals surface area contributed by atoms with Crippen molar-refractivity contribution in [1.29, 1.82) is 0 Å². The Balaban J connectivity index is 2.55. The maximum absolute atomic E-state index is 10.9. The summed E-state index contributed by atoms with van der Waals surface area (Å²) in [5.41, 5.74) is 2.32. The number of carbonyl (C=O) groups is 1. The summed E-state index contributed by atoms with van der Waals surface area (Å²) in [7, 11) is 1.35. The molecule has 0 spiro atoms. The molecule has 88 valence electrons. The highest BCUT2D eigenvalue weighted by Crippen LogP contribution is 2.25. The Kier molecular flexibility index (Phi) is 5.30. The Labute approximate surface area is 102 Å². The maximum atomic E-state index is 10.9. The van der Waals surface area contributed by atoms with Gasteiger partial charge in [0.05, 0.1) is 24.8 Å². The SMILES string of the molecule is COC(=O)CCSc1nc(NN)ncc1Cl. The van der Waals surface area contributed by atoms with Gasteiger partial charge < -0.3 is 4.74 Å². The van der Waals surface area contributed by atoms with Gasteiger partial charge in [0.2, 0.25) is 5.95 Å². The molecule has 1 heterocycles. The summed E-state index contributed by atoms with van der Waals surface area (Å²) in [6.07, 6.45) is 1.75. The normalized spacial score (nSPS) is 9.94. The lowest BCUT2D eigenvalue weighted by molar-refractivity contribution is -0.140. The Morgan fingerprint density at radius 2 is 2.50 bits per heavy atom. The van der Waals surface area contributed by atoms with Gasteiger partial charge in [-0.3, -0.25) is 10.2 Å². The minimum atomic E-state index is -0.269. The van der Waals surface area contributed by atoms with Gasteiger partial charge in [-0.05, 0) is 0 Å². The largest absolute Gasteiger partial charge is 0.469 e. The number of nitrogens with one attached hydrogen (secondary N) is 1. The number of esters is 1. The lowest BCUT2D eigenvalue weighted by Gasteiger charge is -2.04. The van der Waals surface area contributed by atoms with Crippen molar-refractivity contribution >= 4 is 35.3 Å². The van der Waals surface area contributed by atoms with Crippen LogP contribution < -0.4 is 11.3 Å². The predicted octanol–water partition coefficient (Wildman–Crippen LogP) is 1.07. The highest BCUT2D eigenvalue weighted by Gasteiger charge is 2.07. The molecular formula is C8H11ClN4O2S. The van der Waals surface area contributed by atoms with Crippen molar-refractivity contribution < 1.29 is 9.53 Å². The van der Waals surface area contributed by atoms with Gasteiger partial charge in [0.1, 0.15) is 5.03 Å². The molecule has 8 heteroatoms. The topological polar surface area (TPSA) is 90.1 Å². The predicted molar refractivity (Wildman–Crippen MR) is 62.2 cm³/mol. The van der Waals surface area contributed by atoms with E-state index in [2.05, 4.69) is 20.1 Å². The zero-order chi connectivity index (χ0) is 12.0. The fraction of sp³-hybridized carbons (Fsp3) is 0.375. The lowest BCUT2D eigenvalue weighted by atomic mass is 10.5. The summed E-state index contributed by atoms with van der Waals surface area (Å²) in [4.78, 5) is 18.8. The Morgan fingerprint density at radius 1 is 1.75 bits per heavy atom. The van der Waals surface area contributed by atoms with E-state index in [9.17, 15) is 4.79 Å². The number of hydrogen-bond acceptors (Lipinski definition) is 7. The van der Waals surface area contributed by atoms with Crippen LogP contribution in [0.25, 0.3) is 0 Å². The van der Waals surface area contributed by atoms with Crippen molar-refractivity contribution in [3.8, 4) is 0 Å². The number of hydrazine groups is 1. The number of anilines is 1. The van der Waals surface area contributed by atoms with E-state index in [-0.39, 0.29) is 11.9 Å². The van der Waals surface area contributed by atoms with Gasteiger partial charge in [-0.1, -0.05) is 11.6 Å². The van der Waals surface area contributed by atoms with Crippen molar-refractivity contribution in [2.45, 2.75) is 11.4 Å². The second kappa shape index (κ2) is 6.51. The molecule has 0 aliphatic rings. The zero-order valence-electron chi connectivity index (χ0n) is 8.57. The average molecular weight is 263 g/mol. The van der Waals surface area contributed by atoms with Crippen molar-refractivity contribution in [1.82, 2.24) is 9.97 Å². The van der Waals surface area contributed by atoms with Crippen LogP contribution in [-0.4, -0.2) is 28.8 Å². The first-order valence-electron chi connectivity index (χ1n) is 4.36. The molecule has 0 fully saturated rings. The van der Waals surface area contributed by atoms with E-state index in [1.54, 1.807) is 0 Å². The minimum absolute atomic E-state index is 0.269. The number of aromatic nitrogens is 2. The third-order valence-electron chi connectivity index (χ3n) is 1.61. The van der Waals surface area contributed by atoms with Crippen LogP contribution in [0.2, 0.25) is 5.02 Å². The quantitative estimate of drug-likeness (QED) is 0.270. The Bertz CT molecular complexity index is 377. The van der Waals surface area contributed by atoms with Crippen LogP contribution in [0.5, 0.6) is 0 Å². The number of rotatable bonds is 5. The second-order valence-corrected chi connectivity index (χ2v) is 4.16. The summed E-state index contributed by atoms with van der Waals surface area (Å²) >= 11 is 7.21. The first kappa shape index (κ1) is 13.0.